The van der Waals surface area contributed by atoms with Crippen LogP contribution in [0.15, 0.2) is 53.5 Å². The molecule has 2 aromatic rings. The Balaban J connectivity index is 0.00000450. The van der Waals surface area contributed by atoms with Gasteiger partial charge in [-0.3, -0.25) is 4.79 Å². The third-order valence-corrected chi connectivity index (χ3v) is 4.12. The van der Waals surface area contributed by atoms with Crippen LogP contribution in [0.3, 0.4) is 0 Å². The van der Waals surface area contributed by atoms with E-state index in [4.69, 9.17) is 0 Å². The van der Waals surface area contributed by atoms with E-state index in [9.17, 15) is 18.0 Å². The first-order valence-corrected chi connectivity index (χ1v) is 9.09. The smallest absolute Gasteiger partial charge is 0.352 e. The van der Waals surface area contributed by atoms with Gasteiger partial charge in [0.25, 0.3) is 0 Å². The van der Waals surface area contributed by atoms with E-state index >= 15 is 0 Å². The van der Waals surface area contributed by atoms with Crippen molar-refractivity contribution in [1.82, 2.24) is 15.5 Å². The molecule has 0 atom stereocenters. The summed E-state index contributed by atoms with van der Waals surface area (Å²) in [5.41, 5.74) is 1.85. The van der Waals surface area contributed by atoms with Gasteiger partial charge in [0.1, 0.15) is 0 Å². The Labute approximate surface area is 191 Å². The summed E-state index contributed by atoms with van der Waals surface area (Å²) in [5, 5.41) is 5.92. The molecule has 2 aromatic carbocycles. The molecule has 0 radical (unpaired) electrons. The van der Waals surface area contributed by atoms with Crippen LogP contribution in [0.2, 0.25) is 0 Å². The second kappa shape index (κ2) is 11.8. The number of nitrogens with zero attached hydrogens (tertiary/aromatic N) is 2. The van der Waals surface area contributed by atoms with Crippen LogP contribution in [0.5, 0.6) is 0 Å². The van der Waals surface area contributed by atoms with Crippen molar-refractivity contribution in [3.8, 4) is 0 Å². The summed E-state index contributed by atoms with van der Waals surface area (Å²) in [7, 11) is 3.28. The third-order valence-electron chi connectivity index (χ3n) is 4.12. The Morgan fingerprint density at radius 3 is 2.33 bits per heavy atom. The maximum Gasteiger partial charge on any atom is 0.416 e. The minimum Gasteiger partial charge on any atom is -0.352 e. The number of benzene rings is 2. The monoisotopic (exact) mass is 534 g/mol. The summed E-state index contributed by atoms with van der Waals surface area (Å²) in [5.74, 6) is 0.202. The molecule has 0 unspecified atom stereocenters. The lowest BCUT2D eigenvalue weighted by molar-refractivity contribution is -0.137. The number of likely N-dealkylation sites (N-methyl/N-ethyl adjacent to an activating group) is 1. The average Bonchev–Trinajstić information content (AvgIpc) is 2.66. The van der Waals surface area contributed by atoms with Crippen molar-refractivity contribution in [3.05, 3.63) is 70.8 Å². The quantitative estimate of drug-likeness (QED) is 0.336. The lowest BCUT2D eigenvalue weighted by Crippen LogP contribution is -2.42. The maximum atomic E-state index is 12.9. The standard InChI is InChI=1S/C21H25F3N4O.HI/c1-15-6-4-7-16(10-15)12-25-20(27-14-19(29)28(2)3)26-13-17-8-5-9-18(11-17)21(22,23)24;/h4-11H,12-14H2,1-3H3,(H2,25,26,27);1H. The van der Waals surface area contributed by atoms with Crippen LogP contribution in [-0.2, 0) is 24.1 Å². The zero-order chi connectivity index (χ0) is 21.4. The number of halogens is 4. The van der Waals surface area contributed by atoms with Crippen molar-refractivity contribution in [2.45, 2.75) is 26.2 Å². The van der Waals surface area contributed by atoms with Crippen LogP contribution in [0.25, 0.3) is 0 Å². The van der Waals surface area contributed by atoms with E-state index < -0.39 is 11.7 Å². The van der Waals surface area contributed by atoms with Gasteiger partial charge in [-0.25, -0.2) is 4.99 Å². The average molecular weight is 534 g/mol. The zero-order valence-electron chi connectivity index (χ0n) is 17.1. The fraction of sp³-hybridized carbons (Fsp3) is 0.333. The Hall–Kier alpha value is -2.30. The second-order valence-electron chi connectivity index (χ2n) is 6.85. The van der Waals surface area contributed by atoms with Crippen LogP contribution < -0.4 is 10.6 Å². The number of rotatable bonds is 6. The largest absolute Gasteiger partial charge is 0.416 e. The van der Waals surface area contributed by atoms with Crippen LogP contribution >= 0.6 is 24.0 Å². The number of hydrogen-bond donors (Lipinski definition) is 2. The SMILES string of the molecule is Cc1cccc(CN=C(NCC(=O)N(C)C)NCc2cccc(C(F)(F)F)c2)c1.I. The molecule has 9 heteroatoms. The fourth-order valence-electron chi connectivity index (χ4n) is 2.52. The molecule has 2 rings (SSSR count). The molecule has 0 saturated carbocycles. The molecule has 2 N–H and O–H groups in total. The van der Waals surface area contributed by atoms with E-state index in [1.54, 1.807) is 20.2 Å². The van der Waals surface area contributed by atoms with E-state index in [0.717, 1.165) is 23.3 Å². The number of carbonyl (C=O) groups excluding carboxylic acids is 1. The van der Waals surface area contributed by atoms with Crippen molar-refractivity contribution in [2.75, 3.05) is 20.6 Å². The van der Waals surface area contributed by atoms with Gasteiger partial charge in [0, 0.05) is 20.6 Å². The highest BCUT2D eigenvalue weighted by Gasteiger charge is 2.30. The molecule has 0 saturated heterocycles. The molecule has 0 aliphatic rings. The van der Waals surface area contributed by atoms with Gasteiger partial charge in [-0.1, -0.05) is 42.0 Å². The minimum atomic E-state index is -4.39. The first-order chi connectivity index (χ1) is 13.6. The molecule has 0 aromatic heterocycles. The van der Waals surface area contributed by atoms with Gasteiger partial charge < -0.3 is 15.5 Å². The van der Waals surface area contributed by atoms with Gasteiger partial charge in [0.2, 0.25) is 5.91 Å². The van der Waals surface area contributed by atoms with Gasteiger partial charge in [0.05, 0.1) is 18.7 Å². The van der Waals surface area contributed by atoms with Crippen LogP contribution in [-0.4, -0.2) is 37.4 Å². The minimum absolute atomic E-state index is 0. The summed E-state index contributed by atoms with van der Waals surface area (Å²) < 4.78 is 38.7. The predicted molar refractivity (Wildman–Crippen MR) is 123 cm³/mol. The van der Waals surface area contributed by atoms with E-state index in [1.807, 2.05) is 31.2 Å². The first kappa shape index (κ1) is 25.7. The fourth-order valence-corrected chi connectivity index (χ4v) is 2.52. The van der Waals surface area contributed by atoms with Crippen LogP contribution in [0.4, 0.5) is 13.2 Å². The number of guanidine groups is 1. The van der Waals surface area contributed by atoms with Crippen molar-refractivity contribution in [1.29, 1.82) is 0 Å². The van der Waals surface area contributed by atoms with Crippen molar-refractivity contribution >= 4 is 35.8 Å². The second-order valence-corrected chi connectivity index (χ2v) is 6.85. The van der Waals surface area contributed by atoms with Gasteiger partial charge >= 0.3 is 6.18 Å². The molecular formula is C21H26F3IN4O. The number of nitrogens with one attached hydrogen (secondary N) is 2. The molecule has 0 fully saturated rings. The number of aryl methyl sites for hydroxylation is 1. The highest BCUT2D eigenvalue weighted by molar-refractivity contribution is 14.0. The molecule has 164 valence electrons. The molecule has 1 amide bonds. The topological polar surface area (TPSA) is 56.7 Å². The normalized spacial score (nSPS) is 11.5. The Morgan fingerprint density at radius 2 is 1.70 bits per heavy atom. The Bertz CT molecular complexity index is 869. The molecular weight excluding hydrogens is 508 g/mol. The predicted octanol–water partition coefficient (Wildman–Crippen LogP) is 3.96. The Kier molecular flexibility index (Phi) is 10.1. The lowest BCUT2D eigenvalue weighted by atomic mass is 10.1. The number of carbonyl (C=O) groups is 1. The van der Waals surface area contributed by atoms with E-state index in [1.165, 1.54) is 11.0 Å². The van der Waals surface area contributed by atoms with Gasteiger partial charge in [-0.15, -0.1) is 24.0 Å². The highest BCUT2D eigenvalue weighted by Crippen LogP contribution is 2.29. The summed E-state index contributed by atoms with van der Waals surface area (Å²) in [6, 6.07) is 12.9. The maximum absolute atomic E-state index is 12.9. The molecule has 0 heterocycles. The van der Waals surface area contributed by atoms with Crippen LogP contribution in [0.1, 0.15) is 22.3 Å². The van der Waals surface area contributed by atoms with Crippen molar-refractivity contribution in [2.24, 2.45) is 4.99 Å². The Morgan fingerprint density at radius 1 is 1.03 bits per heavy atom. The summed E-state index contributed by atoms with van der Waals surface area (Å²) in [6.45, 7) is 2.51. The molecule has 0 aliphatic heterocycles. The molecule has 0 bridgehead atoms. The lowest BCUT2D eigenvalue weighted by Gasteiger charge is -2.15. The third kappa shape index (κ3) is 8.60. The molecule has 0 spiro atoms. The summed E-state index contributed by atoms with van der Waals surface area (Å²) in [6.07, 6.45) is -4.39. The molecule has 0 aliphatic carbocycles. The molecule has 30 heavy (non-hydrogen) atoms. The number of aliphatic imine (C=N–C) groups is 1. The number of hydrogen-bond acceptors (Lipinski definition) is 2. The van der Waals surface area contributed by atoms with E-state index in [2.05, 4.69) is 15.6 Å². The van der Waals surface area contributed by atoms with Crippen molar-refractivity contribution < 1.29 is 18.0 Å². The highest BCUT2D eigenvalue weighted by atomic mass is 127. The first-order valence-electron chi connectivity index (χ1n) is 9.09. The number of amides is 1. The van der Waals surface area contributed by atoms with E-state index in [0.29, 0.717) is 18.1 Å². The van der Waals surface area contributed by atoms with Crippen molar-refractivity contribution in [3.63, 3.8) is 0 Å². The van der Waals surface area contributed by atoms with E-state index in [-0.39, 0.29) is 43.0 Å². The summed E-state index contributed by atoms with van der Waals surface area (Å²) >= 11 is 0. The summed E-state index contributed by atoms with van der Waals surface area (Å²) in [4.78, 5) is 17.7. The van der Waals surface area contributed by atoms with Crippen LogP contribution in [0, 0.1) is 6.92 Å². The van der Waals surface area contributed by atoms with Gasteiger partial charge in [-0.2, -0.15) is 13.2 Å². The molecule has 5 nitrogen and oxygen atoms in total. The van der Waals surface area contributed by atoms with Gasteiger partial charge in [-0.05, 0) is 30.2 Å². The zero-order valence-corrected chi connectivity index (χ0v) is 19.4. The number of alkyl halides is 3. The van der Waals surface area contributed by atoms with Gasteiger partial charge in [0.15, 0.2) is 5.96 Å².